The Kier molecular flexibility index (Phi) is 5.88. The van der Waals surface area contributed by atoms with Gasteiger partial charge in [-0.2, -0.15) is 0 Å². The van der Waals surface area contributed by atoms with Crippen molar-refractivity contribution in [2.75, 3.05) is 31.3 Å². The maximum atomic E-state index is 13.1. The monoisotopic (exact) mass is 389 g/mol. The van der Waals surface area contributed by atoms with Crippen LogP contribution in [0.3, 0.4) is 0 Å². The predicted octanol–water partition coefficient (Wildman–Crippen LogP) is 1.88. The number of hydrazine groups is 1. The van der Waals surface area contributed by atoms with Crippen LogP contribution in [0.2, 0.25) is 0 Å². The number of carbonyl (C=O) groups is 3. The Morgan fingerprint density at radius 3 is 2.57 bits per heavy atom. The summed E-state index contributed by atoms with van der Waals surface area (Å²) in [4.78, 5) is 39.7. The van der Waals surface area contributed by atoms with Gasteiger partial charge in [-0.1, -0.05) is 18.2 Å². The molecule has 2 aliphatic heterocycles. The number of anilines is 1. The minimum atomic E-state index is -0.712. The second kappa shape index (κ2) is 8.18. The van der Waals surface area contributed by atoms with Crippen molar-refractivity contribution in [3.8, 4) is 0 Å². The second-order valence-corrected chi connectivity index (χ2v) is 8.01. The number of fused-ring (bicyclic) bond motifs is 1. The smallest absolute Gasteiger partial charge is 0.427 e. The van der Waals surface area contributed by atoms with Gasteiger partial charge in [-0.25, -0.2) is 15.2 Å². The third-order valence-corrected chi connectivity index (χ3v) is 4.66. The zero-order valence-corrected chi connectivity index (χ0v) is 16.6. The maximum Gasteiger partial charge on any atom is 0.427 e. The van der Waals surface area contributed by atoms with Gasteiger partial charge < -0.3 is 14.4 Å². The Morgan fingerprint density at radius 1 is 1.21 bits per heavy atom. The molecule has 2 heterocycles. The van der Waals surface area contributed by atoms with Gasteiger partial charge in [-0.15, -0.1) is 0 Å². The fraction of sp³-hybridized carbons (Fsp3) is 0.550. The molecule has 0 aromatic heterocycles. The normalized spacial score (nSPS) is 19.8. The van der Waals surface area contributed by atoms with Crippen LogP contribution in [0.25, 0.3) is 0 Å². The number of benzene rings is 1. The summed E-state index contributed by atoms with van der Waals surface area (Å²) in [6.45, 7) is 7.36. The minimum absolute atomic E-state index is 0.0711. The Morgan fingerprint density at radius 2 is 1.89 bits per heavy atom. The first-order valence-electron chi connectivity index (χ1n) is 9.51. The molecular formula is C20H27N3O5. The lowest BCUT2D eigenvalue weighted by Crippen LogP contribution is -2.54. The quantitative estimate of drug-likeness (QED) is 0.853. The van der Waals surface area contributed by atoms with Gasteiger partial charge in [0.05, 0.1) is 24.8 Å². The number of para-hydroxylation sites is 1. The van der Waals surface area contributed by atoms with Crippen molar-refractivity contribution in [1.82, 2.24) is 10.3 Å². The lowest BCUT2D eigenvalue weighted by atomic mass is 9.89. The number of morpholine rings is 1. The van der Waals surface area contributed by atoms with Crippen LogP contribution in [0.15, 0.2) is 24.3 Å². The van der Waals surface area contributed by atoms with E-state index in [4.69, 9.17) is 9.47 Å². The van der Waals surface area contributed by atoms with Crippen LogP contribution < -0.4 is 10.4 Å². The molecule has 28 heavy (non-hydrogen) atoms. The lowest BCUT2D eigenvalue weighted by molar-refractivity contribution is -0.139. The molecule has 0 radical (unpaired) electrons. The molecule has 3 amide bonds. The van der Waals surface area contributed by atoms with E-state index in [0.29, 0.717) is 38.4 Å². The summed E-state index contributed by atoms with van der Waals surface area (Å²) < 4.78 is 10.6. The molecule has 0 spiro atoms. The molecule has 1 fully saturated rings. The van der Waals surface area contributed by atoms with Gasteiger partial charge in [0.15, 0.2) is 0 Å². The van der Waals surface area contributed by atoms with Gasteiger partial charge in [0.25, 0.3) is 0 Å². The summed E-state index contributed by atoms with van der Waals surface area (Å²) in [5, 5.41) is 1.21. The SMILES string of the molecule is CC(C)(C)OC(=O)NN1C(=O)[C@H](CC(=O)N2CCOCC2)Cc2ccccc21. The second-order valence-electron chi connectivity index (χ2n) is 8.01. The molecule has 1 N–H and O–H groups in total. The van der Waals surface area contributed by atoms with Crippen molar-refractivity contribution in [1.29, 1.82) is 0 Å². The summed E-state index contributed by atoms with van der Waals surface area (Å²) in [7, 11) is 0. The van der Waals surface area contributed by atoms with Crippen molar-refractivity contribution in [2.45, 2.75) is 39.2 Å². The zero-order valence-electron chi connectivity index (χ0n) is 16.6. The van der Waals surface area contributed by atoms with Gasteiger partial charge in [-0.3, -0.25) is 9.59 Å². The number of amides is 3. The average Bonchev–Trinajstić information content (AvgIpc) is 2.64. The summed E-state index contributed by atoms with van der Waals surface area (Å²) >= 11 is 0. The Bertz CT molecular complexity index is 752. The van der Waals surface area contributed by atoms with E-state index in [2.05, 4.69) is 5.43 Å². The fourth-order valence-corrected chi connectivity index (χ4v) is 3.38. The molecule has 0 bridgehead atoms. The van der Waals surface area contributed by atoms with Gasteiger partial charge in [-0.05, 0) is 38.8 Å². The van der Waals surface area contributed by atoms with E-state index in [1.165, 1.54) is 5.01 Å². The number of carbonyl (C=O) groups excluding carboxylic acids is 3. The van der Waals surface area contributed by atoms with Crippen molar-refractivity contribution in [3.63, 3.8) is 0 Å². The molecule has 0 aliphatic carbocycles. The number of hydrogen-bond acceptors (Lipinski definition) is 5. The van der Waals surface area contributed by atoms with Crippen LogP contribution in [0.4, 0.5) is 10.5 Å². The van der Waals surface area contributed by atoms with Crippen LogP contribution in [0.5, 0.6) is 0 Å². The third-order valence-electron chi connectivity index (χ3n) is 4.66. The number of nitrogens with zero attached hydrogens (tertiary/aromatic N) is 2. The highest BCUT2D eigenvalue weighted by atomic mass is 16.6. The van der Waals surface area contributed by atoms with Gasteiger partial charge in [0.1, 0.15) is 5.60 Å². The van der Waals surface area contributed by atoms with Crippen molar-refractivity contribution in [3.05, 3.63) is 29.8 Å². The van der Waals surface area contributed by atoms with E-state index < -0.39 is 17.6 Å². The van der Waals surface area contributed by atoms with Crippen molar-refractivity contribution in [2.24, 2.45) is 5.92 Å². The Labute approximate surface area is 164 Å². The summed E-state index contributed by atoms with van der Waals surface area (Å²) in [5.41, 5.74) is 3.36. The van der Waals surface area contributed by atoms with Crippen molar-refractivity contribution >= 4 is 23.6 Å². The van der Waals surface area contributed by atoms with Crippen LogP contribution in [0, 0.1) is 5.92 Å². The van der Waals surface area contributed by atoms with E-state index in [1.807, 2.05) is 12.1 Å². The molecule has 1 aromatic carbocycles. The van der Waals surface area contributed by atoms with Crippen LogP contribution in [-0.2, 0) is 25.5 Å². The summed E-state index contributed by atoms with van der Waals surface area (Å²) in [5.74, 6) is -0.926. The Hall–Kier alpha value is -2.61. The number of ether oxygens (including phenoxy) is 2. The number of rotatable bonds is 3. The zero-order chi connectivity index (χ0) is 20.3. The first kappa shape index (κ1) is 20.1. The summed E-state index contributed by atoms with van der Waals surface area (Å²) in [6.07, 6.45) is -0.159. The highest BCUT2D eigenvalue weighted by Crippen LogP contribution is 2.31. The van der Waals surface area contributed by atoms with Crippen molar-refractivity contribution < 1.29 is 23.9 Å². The average molecular weight is 389 g/mol. The fourth-order valence-electron chi connectivity index (χ4n) is 3.38. The third kappa shape index (κ3) is 4.81. The molecule has 3 rings (SSSR count). The maximum absolute atomic E-state index is 13.1. The van der Waals surface area contributed by atoms with E-state index in [9.17, 15) is 14.4 Å². The van der Waals surface area contributed by atoms with Crippen LogP contribution >= 0.6 is 0 Å². The van der Waals surface area contributed by atoms with Crippen LogP contribution in [0.1, 0.15) is 32.8 Å². The minimum Gasteiger partial charge on any atom is -0.443 e. The molecule has 1 aromatic rings. The predicted molar refractivity (Wildman–Crippen MR) is 103 cm³/mol. The standard InChI is InChI=1S/C20H27N3O5/c1-20(2,3)28-19(26)21-23-16-7-5-4-6-14(16)12-15(18(23)25)13-17(24)22-8-10-27-11-9-22/h4-7,15H,8-13H2,1-3H3,(H,21,26)/t15-/m0/s1. The highest BCUT2D eigenvalue weighted by molar-refractivity contribution is 6.01. The molecule has 2 aliphatic rings. The van der Waals surface area contributed by atoms with Crippen LogP contribution in [-0.4, -0.2) is 54.7 Å². The first-order valence-corrected chi connectivity index (χ1v) is 9.51. The Balaban J connectivity index is 1.76. The molecule has 1 saturated heterocycles. The molecular weight excluding hydrogens is 362 g/mol. The van der Waals surface area contributed by atoms with E-state index in [1.54, 1.807) is 37.8 Å². The lowest BCUT2D eigenvalue weighted by Gasteiger charge is -2.35. The molecule has 8 heteroatoms. The topological polar surface area (TPSA) is 88.2 Å². The molecule has 0 saturated carbocycles. The van der Waals surface area contributed by atoms with Gasteiger partial charge >= 0.3 is 6.09 Å². The molecule has 152 valence electrons. The van der Waals surface area contributed by atoms with E-state index in [-0.39, 0.29) is 18.2 Å². The molecule has 0 unspecified atom stereocenters. The number of hydrogen-bond donors (Lipinski definition) is 1. The van der Waals surface area contributed by atoms with E-state index in [0.717, 1.165) is 5.56 Å². The van der Waals surface area contributed by atoms with Gasteiger partial charge in [0, 0.05) is 19.5 Å². The molecule has 1 atom stereocenters. The first-order chi connectivity index (χ1) is 13.2. The largest absolute Gasteiger partial charge is 0.443 e. The molecule has 8 nitrogen and oxygen atoms in total. The number of nitrogens with one attached hydrogen (secondary N) is 1. The van der Waals surface area contributed by atoms with E-state index >= 15 is 0 Å². The van der Waals surface area contributed by atoms with Gasteiger partial charge in [0.2, 0.25) is 11.8 Å². The summed E-state index contributed by atoms with van der Waals surface area (Å²) in [6, 6.07) is 7.35. The highest BCUT2D eigenvalue weighted by Gasteiger charge is 2.36.